The van der Waals surface area contributed by atoms with Crippen LogP contribution in [0.15, 0.2) is 0 Å². The van der Waals surface area contributed by atoms with Crippen LogP contribution in [0, 0.1) is 0 Å². The summed E-state index contributed by atoms with van der Waals surface area (Å²) in [5, 5.41) is 12.0. The first-order valence-corrected chi connectivity index (χ1v) is 0.200. The van der Waals surface area contributed by atoms with Crippen LogP contribution in [0.25, 0.3) is 0 Å². The third-order valence-electron chi connectivity index (χ3n) is 0. The molecule has 30 valence electrons. The molecule has 0 aromatic heterocycles. The standard InChI is InChI=1S/2Ca.FH.H2O2.4H/c;;;1-2;;;;/h;;1H;1-2H;;;;. The molecule has 0 amide bonds. The summed E-state index contributed by atoms with van der Waals surface area (Å²) >= 11 is 0. The third-order valence-corrected chi connectivity index (χ3v) is 0. The molecule has 2 nitrogen and oxygen atoms in total. The van der Waals surface area contributed by atoms with Crippen molar-refractivity contribution in [3.63, 3.8) is 0 Å². The molecule has 0 saturated heterocycles. The van der Waals surface area contributed by atoms with Gasteiger partial charge in [0.05, 0.1) is 0 Å². The quantitative estimate of drug-likeness (QED) is 0.239. The summed E-state index contributed by atoms with van der Waals surface area (Å²) < 4.78 is 0. The van der Waals surface area contributed by atoms with Crippen LogP contribution in [0.4, 0.5) is 4.70 Å². The Labute approximate surface area is 88.9 Å². The molecule has 0 unspecified atom stereocenters. The molecule has 2 N–H and O–H groups in total. The summed E-state index contributed by atoms with van der Waals surface area (Å²) in [4.78, 5) is 0. The van der Waals surface area contributed by atoms with E-state index in [4.69, 9.17) is 10.5 Å². The van der Waals surface area contributed by atoms with E-state index in [0.29, 0.717) is 0 Å². The first-order chi connectivity index (χ1) is 1.00. The second-order valence-electron chi connectivity index (χ2n) is 0. The van der Waals surface area contributed by atoms with Crippen molar-refractivity contribution in [3.8, 4) is 0 Å². The van der Waals surface area contributed by atoms with E-state index in [0.717, 1.165) is 0 Å². The van der Waals surface area contributed by atoms with Crippen LogP contribution in [0.5, 0.6) is 0 Å². The molecule has 0 spiro atoms. The average molecular weight is 138 g/mol. The molecule has 0 heterocycles. The van der Waals surface area contributed by atoms with Crippen molar-refractivity contribution < 1.29 is 15.2 Å². The molecule has 0 fully saturated rings. The summed E-state index contributed by atoms with van der Waals surface area (Å²) in [6, 6.07) is 0. The Hall–Kier alpha value is 2.37. The summed E-state index contributed by atoms with van der Waals surface area (Å²) in [5.41, 5.74) is 0. The Bertz CT molecular complexity index is 7.61. The first kappa shape index (κ1) is 26.3. The van der Waals surface area contributed by atoms with E-state index in [9.17, 15) is 0 Å². The SMILES string of the molecule is F.OO.[CaH2].[CaH2]. The van der Waals surface area contributed by atoms with Crippen LogP contribution in [-0.4, -0.2) is 86.0 Å². The van der Waals surface area contributed by atoms with Crippen LogP contribution < -0.4 is 0 Å². The van der Waals surface area contributed by atoms with Gasteiger partial charge >= 0.3 is 75.5 Å². The number of rotatable bonds is 0. The zero-order chi connectivity index (χ0) is 2.00. The molecule has 0 aliphatic rings. The summed E-state index contributed by atoms with van der Waals surface area (Å²) in [6.45, 7) is 0. The zero-order valence-electron chi connectivity index (χ0n) is 1.30. The molecule has 0 aliphatic heterocycles. The Morgan fingerprint density at radius 2 is 0.800 bits per heavy atom. The molecule has 0 atom stereocenters. The monoisotopic (exact) mass is 138 g/mol. The first-order valence-electron chi connectivity index (χ1n) is 0.200. The van der Waals surface area contributed by atoms with E-state index in [1.807, 2.05) is 0 Å². The van der Waals surface area contributed by atoms with Crippen LogP contribution >= 0.6 is 0 Å². The Kier molecular flexibility index (Phi) is 172. The fourth-order valence-corrected chi connectivity index (χ4v) is 0. The van der Waals surface area contributed by atoms with Crippen LogP contribution in [0.3, 0.4) is 0 Å². The van der Waals surface area contributed by atoms with Crippen molar-refractivity contribution in [1.29, 1.82) is 0 Å². The van der Waals surface area contributed by atoms with Gasteiger partial charge in [-0.05, 0) is 0 Å². The molecule has 0 saturated carbocycles. The van der Waals surface area contributed by atoms with Gasteiger partial charge in [0.15, 0.2) is 0 Å². The van der Waals surface area contributed by atoms with E-state index in [1.165, 1.54) is 0 Å². The van der Waals surface area contributed by atoms with Crippen molar-refractivity contribution in [2.75, 3.05) is 0 Å². The van der Waals surface area contributed by atoms with E-state index < -0.39 is 0 Å². The van der Waals surface area contributed by atoms with Crippen LogP contribution in [0.1, 0.15) is 0 Å². The van der Waals surface area contributed by atoms with Gasteiger partial charge in [0.2, 0.25) is 0 Å². The van der Waals surface area contributed by atoms with Crippen molar-refractivity contribution in [1.82, 2.24) is 0 Å². The zero-order valence-corrected chi connectivity index (χ0v) is 1.30. The van der Waals surface area contributed by atoms with Gasteiger partial charge in [-0.15, -0.1) is 0 Å². The number of hydrogen-bond acceptors (Lipinski definition) is 2. The molecule has 0 bridgehead atoms. The molecule has 5 heteroatoms. The minimum absolute atomic E-state index is 0. The topological polar surface area (TPSA) is 40.5 Å². The van der Waals surface area contributed by atoms with E-state index in [1.54, 1.807) is 0 Å². The van der Waals surface area contributed by atoms with Gasteiger partial charge in [0.25, 0.3) is 0 Å². The van der Waals surface area contributed by atoms with Gasteiger partial charge in [-0.3, -0.25) is 15.2 Å². The predicted molar refractivity (Wildman–Crippen MR) is 24.8 cm³/mol. The Balaban J connectivity index is -0.00000000167. The van der Waals surface area contributed by atoms with Crippen LogP contribution in [-0.2, 0) is 0 Å². The van der Waals surface area contributed by atoms with Crippen molar-refractivity contribution in [3.05, 3.63) is 0 Å². The Morgan fingerprint density at radius 3 is 0.800 bits per heavy atom. The minimum atomic E-state index is 0. The van der Waals surface area contributed by atoms with E-state index in [2.05, 4.69) is 0 Å². The average Bonchev–Trinajstić information content (AvgIpc) is 1.00. The van der Waals surface area contributed by atoms with Gasteiger partial charge in [0.1, 0.15) is 0 Å². The van der Waals surface area contributed by atoms with Gasteiger partial charge in [-0.1, -0.05) is 0 Å². The van der Waals surface area contributed by atoms with Crippen molar-refractivity contribution >= 4 is 75.5 Å². The summed E-state index contributed by atoms with van der Waals surface area (Å²) in [6.07, 6.45) is 0. The predicted octanol–water partition coefficient (Wildman–Crippen LogP) is -1.66. The third kappa shape index (κ3) is 21.7. The summed E-state index contributed by atoms with van der Waals surface area (Å²) in [5.74, 6) is 0. The molecule has 5 heavy (non-hydrogen) atoms. The van der Waals surface area contributed by atoms with Gasteiger partial charge < -0.3 is 0 Å². The fraction of sp³-hybridized carbons (Fsp3) is 0. The second kappa shape index (κ2) is 32.7. The van der Waals surface area contributed by atoms with Crippen molar-refractivity contribution in [2.24, 2.45) is 0 Å². The van der Waals surface area contributed by atoms with E-state index >= 15 is 0 Å². The van der Waals surface area contributed by atoms with Crippen molar-refractivity contribution in [2.45, 2.75) is 0 Å². The number of hydrogen-bond donors (Lipinski definition) is 2. The van der Waals surface area contributed by atoms with Gasteiger partial charge in [-0.25, -0.2) is 0 Å². The normalized spacial score (nSPS) is 1.20. The van der Waals surface area contributed by atoms with Gasteiger partial charge in [-0.2, -0.15) is 0 Å². The molecule has 0 aliphatic carbocycles. The van der Waals surface area contributed by atoms with E-state index in [-0.39, 0.29) is 80.2 Å². The van der Waals surface area contributed by atoms with Crippen LogP contribution in [0.2, 0.25) is 0 Å². The molecular weight excluding hydrogens is 131 g/mol. The molecule has 0 aromatic carbocycles. The summed E-state index contributed by atoms with van der Waals surface area (Å²) in [7, 11) is 0. The number of halogens is 1. The molecule has 0 aromatic rings. The molecular formula is H7Ca2FO2. The maximum absolute atomic E-state index is 6.00. The maximum atomic E-state index is 6.00. The fourth-order valence-electron chi connectivity index (χ4n) is 0. The second-order valence-corrected chi connectivity index (χ2v) is 0. The van der Waals surface area contributed by atoms with Gasteiger partial charge in [0, 0.05) is 0 Å². The molecule has 0 rings (SSSR count). The Morgan fingerprint density at radius 1 is 0.800 bits per heavy atom. The molecule has 0 radical (unpaired) electrons.